The van der Waals surface area contributed by atoms with Crippen LogP contribution in [-0.2, 0) is 0 Å². The molecule has 0 amide bonds. The van der Waals surface area contributed by atoms with Gasteiger partial charge in [0.2, 0.25) is 0 Å². The van der Waals surface area contributed by atoms with Crippen molar-refractivity contribution < 1.29 is 9.90 Å². The van der Waals surface area contributed by atoms with Gasteiger partial charge in [-0.15, -0.1) is 5.10 Å². The number of benzene rings is 2. The van der Waals surface area contributed by atoms with E-state index in [4.69, 9.17) is 0 Å². The molecule has 9 nitrogen and oxygen atoms in total. The number of aromatic carboxylic acids is 1. The molecule has 2 aromatic carbocycles. The second-order valence-corrected chi connectivity index (χ2v) is 11.6. The molecule has 194 valence electrons. The monoisotopic (exact) mass is 573 g/mol. The zero-order chi connectivity index (χ0) is 27.0. The van der Waals surface area contributed by atoms with Crippen molar-refractivity contribution >= 4 is 44.2 Å². The number of nitriles is 1. The Balaban J connectivity index is 1.59. The lowest BCUT2D eigenvalue weighted by molar-refractivity contribution is 0.0696. The standard InChI is InChI=1S/C28H28BrN7O2/c1-28(2,3)15-32-24-18(12-30)13-31-26-21(24)10-19(11-22(26)29)33-25(16-5-4-6-17(9-16)27(37)38)23-14-36(35-34-23)20-7-8-20/h4-6,9-11,13-14,20,25,33H,7-8,15H2,1-3H3,(H,31,32)(H,37,38)/t25-/m0/s1. The minimum absolute atomic E-state index is 0.00302. The van der Waals surface area contributed by atoms with Crippen LogP contribution in [0.4, 0.5) is 11.4 Å². The van der Waals surface area contributed by atoms with E-state index in [1.807, 2.05) is 29.1 Å². The molecule has 1 fully saturated rings. The number of carboxylic acid groups (broad SMARTS) is 1. The lowest BCUT2D eigenvalue weighted by Gasteiger charge is -2.22. The number of aromatic nitrogens is 4. The molecule has 0 spiro atoms. The fourth-order valence-electron chi connectivity index (χ4n) is 4.26. The van der Waals surface area contributed by atoms with Gasteiger partial charge in [-0.2, -0.15) is 5.26 Å². The number of anilines is 2. The summed E-state index contributed by atoms with van der Waals surface area (Å²) in [6.07, 6.45) is 5.66. The fourth-order valence-corrected chi connectivity index (χ4v) is 4.82. The first-order valence-electron chi connectivity index (χ1n) is 12.4. The Bertz CT molecular complexity index is 1560. The summed E-state index contributed by atoms with van der Waals surface area (Å²) in [5.41, 5.74) is 4.31. The number of fused-ring (bicyclic) bond motifs is 1. The predicted molar refractivity (Wildman–Crippen MR) is 149 cm³/mol. The third kappa shape index (κ3) is 5.48. The molecule has 2 heterocycles. The highest BCUT2D eigenvalue weighted by atomic mass is 79.9. The topological polar surface area (TPSA) is 129 Å². The van der Waals surface area contributed by atoms with Gasteiger partial charge < -0.3 is 15.7 Å². The number of hydrogen-bond acceptors (Lipinski definition) is 7. The van der Waals surface area contributed by atoms with Gasteiger partial charge in [-0.3, -0.25) is 4.98 Å². The van der Waals surface area contributed by atoms with Crippen molar-refractivity contribution in [3.8, 4) is 6.07 Å². The molecule has 1 atom stereocenters. The first-order chi connectivity index (χ1) is 18.1. The first-order valence-corrected chi connectivity index (χ1v) is 13.2. The maximum absolute atomic E-state index is 11.7. The summed E-state index contributed by atoms with van der Waals surface area (Å²) in [6, 6.07) is 12.9. The molecule has 4 aromatic rings. The molecule has 0 aliphatic heterocycles. The molecule has 38 heavy (non-hydrogen) atoms. The maximum Gasteiger partial charge on any atom is 0.335 e. The van der Waals surface area contributed by atoms with Crippen molar-refractivity contribution in [2.45, 2.75) is 45.7 Å². The van der Waals surface area contributed by atoms with Crippen molar-refractivity contribution in [3.05, 3.63) is 75.6 Å². The molecule has 0 radical (unpaired) electrons. The summed E-state index contributed by atoms with van der Waals surface area (Å²) >= 11 is 3.66. The normalized spacial score (nSPS) is 14.2. The van der Waals surface area contributed by atoms with Crippen molar-refractivity contribution in [2.24, 2.45) is 5.41 Å². The quantitative estimate of drug-likeness (QED) is 0.229. The number of halogens is 1. The molecule has 5 rings (SSSR count). The Morgan fingerprint density at radius 3 is 2.76 bits per heavy atom. The van der Waals surface area contributed by atoms with E-state index in [0.717, 1.165) is 45.2 Å². The summed E-state index contributed by atoms with van der Waals surface area (Å²) in [4.78, 5) is 16.2. The van der Waals surface area contributed by atoms with Gasteiger partial charge in [0.1, 0.15) is 11.8 Å². The molecule has 0 saturated heterocycles. The Labute approximate surface area is 229 Å². The third-order valence-corrected chi connectivity index (χ3v) is 6.97. The molecule has 10 heteroatoms. The Hall–Kier alpha value is -3.97. The molecule has 0 unspecified atom stereocenters. The number of hydrogen-bond donors (Lipinski definition) is 3. The maximum atomic E-state index is 11.7. The largest absolute Gasteiger partial charge is 0.478 e. The van der Waals surface area contributed by atoms with Gasteiger partial charge in [-0.05, 0) is 64.0 Å². The summed E-state index contributed by atoms with van der Waals surface area (Å²) in [5, 5.41) is 35.9. The van der Waals surface area contributed by atoms with Crippen LogP contribution in [0.15, 0.2) is 53.3 Å². The fraction of sp³-hybridized carbons (Fsp3) is 0.321. The van der Waals surface area contributed by atoms with E-state index in [1.165, 1.54) is 0 Å². The molecule has 3 N–H and O–H groups in total. The number of pyridine rings is 1. The van der Waals surface area contributed by atoms with Crippen LogP contribution in [0.5, 0.6) is 0 Å². The Kier molecular flexibility index (Phi) is 6.80. The van der Waals surface area contributed by atoms with E-state index in [2.05, 4.69) is 68.7 Å². The summed E-state index contributed by atoms with van der Waals surface area (Å²) < 4.78 is 2.64. The molecule has 2 aromatic heterocycles. The Morgan fingerprint density at radius 1 is 1.29 bits per heavy atom. The van der Waals surface area contributed by atoms with Crippen LogP contribution in [0.1, 0.15) is 72.9 Å². The molecular formula is C28H28BrN7O2. The number of nitrogens with one attached hydrogen (secondary N) is 2. The highest BCUT2D eigenvalue weighted by Crippen LogP contribution is 2.37. The Morgan fingerprint density at radius 2 is 2.08 bits per heavy atom. The van der Waals surface area contributed by atoms with E-state index >= 15 is 0 Å². The van der Waals surface area contributed by atoms with Gasteiger partial charge in [-0.1, -0.05) is 38.1 Å². The molecule has 0 bridgehead atoms. The van der Waals surface area contributed by atoms with Crippen molar-refractivity contribution in [3.63, 3.8) is 0 Å². The van der Waals surface area contributed by atoms with Crippen LogP contribution in [0, 0.1) is 16.7 Å². The number of carboxylic acids is 1. The van der Waals surface area contributed by atoms with Crippen LogP contribution in [0.25, 0.3) is 10.9 Å². The SMILES string of the molecule is CC(C)(C)CNc1c(C#N)cnc2c(Br)cc(N[C@@H](c3cccc(C(=O)O)c3)c3cn(C4CC4)nn3)cc12. The number of rotatable bonds is 8. The minimum Gasteiger partial charge on any atom is -0.478 e. The van der Waals surface area contributed by atoms with Gasteiger partial charge in [0.05, 0.1) is 40.6 Å². The van der Waals surface area contributed by atoms with Crippen molar-refractivity contribution in [2.75, 3.05) is 17.2 Å². The zero-order valence-electron chi connectivity index (χ0n) is 21.4. The van der Waals surface area contributed by atoms with Gasteiger partial charge in [-0.25, -0.2) is 9.48 Å². The van der Waals surface area contributed by atoms with Gasteiger partial charge in [0.25, 0.3) is 0 Å². The second-order valence-electron chi connectivity index (χ2n) is 10.8. The van der Waals surface area contributed by atoms with Crippen LogP contribution < -0.4 is 10.6 Å². The number of carbonyl (C=O) groups is 1. The van der Waals surface area contributed by atoms with Gasteiger partial charge in [0.15, 0.2) is 0 Å². The molecule has 1 aliphatic carbocycles. The first kappa shape index (κ1) is 25.7. The van der Waals surface area contributed by atoms with Crippen LogP contribution >= 0.6 is 15.9 Å². The van der Waals surface area contributed by atoms with Crippen LogP contribution in [0.2, 0.25) is 0 Å². The summed E-state index contributed by atoms with van der Waals surface area (Å²) in [5.74, 6) is -0.995. The highest BCUT2D eigenvalue weighted by Gasteiger charge is 2.27. The highest BCUT2D eigenvalue weighted by molar-refractivity contribution is 9.10. The van der Waals surface area contributed by atoms with E-state index in [9.17, 15) is 15.2 Å². The summed E-state index contributed by atoms with van der Waals surface area (Å²) in [6.45, 7) is 7.06. The average molecular weight is 574 g/mol. The zero-order valence-corrected chi connectivity index (χ0v) is 23.0. The lowest BCUT2D eigenvalue weighted by atomic mass is 9.96. The van der Waals surface area contributed by atoms with Gasteiger partial charge in [0, 0.05) is 28.3 Å². The van der Waals surface area contributed by atoms with Crippen molar-refractivity contribution in [1.29, 1.82) is 5.26 Å². The van der Waals surface area contributed by atoms with E-state index in [-0.39, 0.29) is 11.0 Å². The van der Waals surface area contributed by atoms with E-state index in [0.29, 0.717) is 23.8 Å². The number of nitrogens with zero attached hydrogens (tertiary/aromatic N) is 5. The lowest BCUT2D eigenvalue weighted by Crippen LogP contribution is -2.20. The van der Waals surface area contributed by atoms with E-state index < -0.39 is 12.0 Å². The predicted octanol–water partition coefficient (Wildman–Crippen LogP) is 6.15. The molecular weight excluding hydrogens is 546 g/mol. The van der Waals surface area contributed by atoms with Crippen LogP contribution in [0.3, 0.4) is 0 Å². The van der Waals surface area contributed by atoms with Crippen LogP contribution in [-0.4, -0.2) is 37.6 Å². The molecule has 1 aliphatic rings. The third-order valence-electron chi connectivity index (χ3n) is 6.36. The van der Waals surface area contributed by atoms with Crippen molar-refractivity contribution in [1.82, 2.24) is 20.0 Å². The molecule has 1 saturated carbocycles. The smallest absolute Gasteiger partial charge is 0.335 e. The summed E-state index contributed by atoms with van der Waals surface area (Å²) in [7, 11) is 0. The second kappa shape index (κ2) is 10.1. The average Bonchev–Trinajstić information content (AvgIpc) is 3.62. The van der Waals surface area contributed by atoms with E-state index in [1.54, 1.807) is 24.4 Å². The minimum atomic E-state index is -0.995. The van der Waals surface area contributed by atoms with Gasteiger partial charge >= 0.3 is 5.97 Å².